The second-order valence-corrected chi connectivity index (χ2v) is 6.42. The molecule has 0 saturated carbocycles. The van der Waals surface area contributed by atoms with Crippen LogP contribution in [0.2, 0.25) is 0 Å². The van der Waals surface area contributed by atoms with Gasteiger partial charge in [-0.05, 0) is 78.7 Å². The first-order valence-electron chi connectivity index (χ1n) is 8.93. The van der Waals surface area contributed by atoms with Gasteiger partial charge in [0.2, 0.25) is 0 Å². The molecule has 0 N–H and O–H groups in total. The summed E-state index contributed by atoms with van der Waals surface area (Å²) in [7, 11) is 0. The van der Waals surface area contributed by atoms with E-state index < -0.39 is 0 Å². The van der Waals surface area contributed by atoms with Gasteiger partial charge in [0.25, 0.3) is 0 Å². The Kier molecular flexibility index (Phi) is 5.69. The molecule has 0 aliphatic heterocycles. The van der Waals surface area contributed by atoms with Crippen LogP contribution in [0.1, 0.15) is 93.5 Å². The molecular formula is C20H32. The topological polar surface area (TPSA) is 0 Å². The molecule has 0 saturated heterocycles. The Morgan fingerprint density at radius 1 is 1.00 bits per heavy atom. The van der Waals surface area contributed by atoms with E-state index in [1.54, 1.807) is 27.8 Å². The Morgan fingerprint density at radius 2 is 1.70 bits per heavy atom. The van der Waals surface area contributed by atoms with Crippen LogP contribution < -0.4 is 0 Å². The van der Waals surface area contributed by atoms with Crippen LogP contribution in [0.4, 0.5) is 0 Å². The average molecular weight is 272 g/mol. The van der Waals surface area contributed by atoms with Gasteiger partial charge in [-0.2, -0.15) is 0 Å². The Morgan fingerprint density at radius 3 is 2.30 bits per heavy atom. The minimum absolute atomic E-state index is 0.835. The number of benzene rings is 1. The molecule has 1 unspecified atom stereocenters. The molecule has 1 aliphatic carbocycles. The van der Waals surface area contributed by atoms with E-state index >= 15 is 0 Å². The van der Waals surface area contributed by atoms with Crippen molar-refractivity contribution in [2.75, 3.05) is 0 Å². The molecule has 112 valence electrons. The Bertz CT molecular complexity index is 442. The van der Waals surface area contributed by atoms with Crippen LogP contribution in [0.25, 0.3) is 0 Å². The summed E-state index contributed by atoms with van der Waals surface area (Å²) >= 11 is 0. The first-order valence-corrected chi connectivity index (χ1v) is 8.93. The van der Waals surface area contributed by atoms with Crippen LogP contribution >= 0.6 is 0 Å². The van der Waals surface area contributed by atoms with Crippen LogP contribution in [0.15, 0.2) is 6.07 Å². The summed E-state index contributed by atoms with van der Waals surface area (Å²) in [5.74, 6) is 0.835. The summed E-state index contributed by atoms with van der Waals surface area (Å²) in [6.07, 6.45) is 11.8. The lowest BCUT2D eigenvalue weighted by Crippen LogP contribution is -2.16. The van der Waals surface area contributed by atoms with Crippen LogP contribution in [0.3, 0.4) is 0 Å². The van der Waals surface area contributed by atoms with Crippen molar-refractivity contribution < 1.29 is 0 Å². The van der Waals surface area contributed by atoms with Gasteiger partial charge in [0.05, 0.1) is 0 Å². The third kappa shape index (κ3) is 2.95. The van der Waals surface area contributed by atoms with Crippen LogP contribution in [0.5, 0.6) is 0 Å². The summed E-state index contributed by atoms with van der Waals surface area (Å²) in [5, 5.41) is 0. The fraction of sp³-hybridized carbons (Fsp3) is 0.700. The molecule has 1 aliphatic rings. The van der Waals surface area contributed by atoms with Crippen molar-refractivity contribution in [1.82, 2.24) is 0 Å². The number of hydrogen-bond acceptors (Lipinski definition) is 0. The fourth-order valence-corrected chi connectivity index (χ4v) is 4.14. The molecule has 0 heterocycles. The zero-order valence-electron chi connectivity index (χ0n) is 14.0. The lowest BCUT2D eigenvalue weighted by Gasteiger charge is -2.31. The summed E-state index contributed by atoms with van der Waals surface area (Å²) in [4.78, 5) is 0. The van der Waals surface area contributed by atoms with Crippen molar-refractivity contribution in [2.45, 2.75) is 91.4 Å². The second kappa shape index (κ2) is 7.29. The third-order valence-electron chi connectivity index (χ3n) is 5.05. The minimum Gasteiger partial charge on any atom is -0.0651 e. The first-order chi connectivity index (χ1) is 9.76. The van der Waals surface area contributed by atoms with Crippen molar-refractivity contribution in [3.8, 4) is 0 Å². The van der Waals surface area contributed by atoms with Crippen LogP contribution in [-0.4, -0.2) is 0 Å². The molecule has 1 atom stereocenters. The molecule has 0 fully saturated rings. The Labute approximate surface area is 126 Å². The summed E-state index contributed by atoms with van der Waals surface area (Å²) in [6, 6.07) is 2.57. The highest BCUT2D eigenvalue weighted by molar-refractivity contribution is 5.49. The highest BCUT2D eigenvalue weighted by Crippen LogP contribution is 2.39. The number of aryl methyl sites for hydroxylation is 2. The molecule has 0 amide bonds. The quantitative estimate of drug-likeness (QED) is 0.597. The second-order valence-electron chi connectivity index (χ2n) is 6.42. The molecule has 20 heavy (non-hydrogen) atoms. The SMILES string of the molecule is CCCc1c(CC)cc2c(c1CCC)C(CC)CCC2. The van der Waals surface area contributed by atoms with Crippen LogP contribution in [0, 0.1) is 0 Å². The van der Waals surface area contributed by atoms with E-state index in [0.29, 0.717) is 0 Å². The third-order valence-corrected chi connectivity index (χ3v) is 5.05. The Balaban J connectivity index is 2.60. The maximum Gasteiger partial charge on any atom is -0.0159 e. The van der Waals surface area contributed by atoms with Gasteiger partial charge in [-0.25, -0.2) is 0 Å². The molecule has 1 aromatic rings. The predicted octanol–water partition coefficient (Wildman–Crippen LogP) is 5.98. The van der Waals surface area contributed by atoms with Gasteiger partial charge in [0, 0.05) is 0 Å². The fourth-order valence-electron chi connectivity index (χ4n) is 4.14. The van der Waals surface area contributed by atoms with E-state index in [1.807, 2.05) is 0 Å². The largest absolute Gasteiger partial charge is 0.0651 e. The van der Waals surface area contributed by atoms with Gasteiger partial charge in [-0.15, -0.1) is 0 Å². The standard InChI is InChI=1S/C20H32/c1-5-10-18-16(8-4)14-17-13-9-12-15(7-3)20(17)19(18)11-6-2/h14-15H,5-13H2,1-4H3. The van der Waals surface area contributed by atoms with Gasteiger partial charge in [-0.3, -0.25) is 0 Å². The summed E-state index contributed by atoms with van der Waals surface area (Å²) in [6.45, 7) is 9.37. The number of fused-ring (bicyclic) bond motifs is 1. The first kappa shape index (κ1) is 15.6. The van der Waals surface area contributed by atoms with E-state index in [4.69, 9.17) is 0 Å². The number of rotatable bonds is 6. The molecule has 0 bridgehead atoms. The molecule has 0 radical (unpaired) electrons. The number of hydrogen-bond donors (Lipinski definition) is 0. The lowest BCUT2D eigenvalue weighted by atomic mass is 9.74. The molecule has 0 nitrogen and oxygen atoms in total. The van der Waals surface area contributed by atoms with Crippen molar-refractivity contribution in [2.24, 2.45) is 0 Å². The van der Waals surface area contributed by atoms with Crippen molar-refractivity contribution in [3.05, 3.63) is 33.9 Å². The molecule has 1 aromatic carbocycles. The summed E-state index contributed by atoms with van der Waals surface area (Å²) in [5.41, 5.74) is 8.60. The Hall–Kier alpha value is -0.780. The molecule has 0 spiro atoms. The highest BCUT2D eigenvalue weighted by Gasteiger charge is 2.24. The van der Waals surface area contributed by atoms with Gasteiger partial charge in [0.1, 0.15) is 0 Å². The van der Waals surface area contributed by atoms with Crippen LogP contribution in [-0.2, 0) is 25.7 Å². The van der Waals surface area contributed by atoms with Gasteiger partial charge >= 0.3 is 0 Å². The van der Waals surface area contributed by atoms with E-state index in [1.165, 1.54) is 57.8 Å². The normalized spacial score (nSPS) is 18.1. The maximum absolute atomic E-state index is 2.57. The minimum atomic E-state index is 0.835. The summed E-state index contributed by atoms with van der Waals surface area (Å²) < 4.78 is 0. The van der Waals surface area contributed by atoms with E-state index in [2.05, 4.69) is 33.8 Å². The zero-order valence-corrected chi connectivity index (χ0v) is 14.0. The zero-order chi connectivity index (χ0) is 14.5. The van der Waals surface area contributed by atoms with Crippen molar-refractivity contribution >= 4 is 0 Å². The monoisotopic (exact) mass is 272 g/mol. The molecule has 0 heteroatoms. The molecule has 2 rings (SSSR count). The van der Waals surface area contributed by atoms with E-state index in [-0.39, 0.29) is 0 Å². The van der Waals surface area contributed by atoms with Gasteiger partial charge in [-0.1, -0.05) is 46.6 Å². The lowest BCUT2D eigenvalue weighted by molar-refractivity contribution is 0.532. The highest BCUT2D eigenvalue weighted by atomic mass is 14.3. The van der Waals surface area contributed by atoms with E-state index in [9.17, 15) is 0 Å². The van der Waals surface area contributed by atoms with Crippen molar-refractivity contribution in [1.29, 1.82) is 0 Å². The van der Waals surface area contributed by atoms with Gasteiger partial charge < -0.3 is 0 Å². The molecule has 0 aromatic heterocycles. The van der Waals surface area contributed by atoms with Crippen molar-refractivity contribution in [3.63, 3.8) is 0 Å². The smallest absolute Gasteiger partial charge is 0.0159 e. The maximum atomic E-state index is 2.57. The molecular weight excluding hydrogens is 240 g/mol. The average Bonchev–Trinajstić information content (AvgIpc) is 2.48. The predicted molar refractivity (Wildman–Crippen MR) is 89.8 cm³/mol. The van der Waals surface area contributed by atoms with Gasteiger partial charge in [0.15, 0.2) is 0 Å². The van der Waals surface area contributed by atoms with E-state index in [0.717, 1.165) is 5.92 Å².